The molecule has 0 aromatic rings. The van der Waals surface area contributed by atoms with E-state index in [0.29, 0.717) is 35.9 Å². The van der Waals surface area contributed by atoms with Crippen molar-refractivity contribution in [2.75, 3.05) is 7.11 Å². The summed E-state index contributed by atoms with van der Waals surface area (Å²) in [4.78, 5) is 10.9. The first-order valence-electron chi connectivity index (χ1n) is 8.50. The quantitative estimate of drug-likeness (QED) is 0.280. The molecule has 0 spiro atoms. The SMILES string of the molecule is COC(=O)CC/C=C\CC#CC#C[Si](C(C)C)(C(C)C)C(C)C. The Morgan fingerprint density at radius 3 is 2.04 bits per heavy atom. The fourth-order valence-electron chi connectivity index (χ4n) is 3.23. The highest BCUT2D eigenvalue weighted by Gasteiger charge is 2.41. The third kappa shape index (κ3) is 7.10. The topological polar surface area (TPSA) is 26.3 Å². The van der Waals surface area contributed by atoms with Crippen LogP contribution in [0, 0.1) is 23.3 Å². The van der Waals surface area contributed by atoms with Crippen molar-refractivity contribution >= 4 is 14.0 Å². The van der Waals surface area contributed by atoms with Crippen LogP contribution in [0.3, 0.4) is 0 Å². The van der Waals surface area contributed by atoms with E-state index in [9.17, 15) is 4.79 Å². The van der Waals surface area contributed by atoms with Crippen LogP contribution in [0.5, 0.6) is 0 Å². The van der Waals surface area contributed by atoms with Crippen molar-refractivity contribution < 1.29 is 9.53 Å². The van der Waals surface area contributed by atoms with Crippen molar-refractivity contribution in [3.05, 3.63) is 12.2 Å². The number of carbonyl (C=O) groups is 1. The molecule has 0 aliphatic heterocycles. The minimum atomic E-state index is -1.66. The van der Waals surface area contributed by atoms with Crippen molar-refractivity contribution in [3.63, 3.8) is 0 Å². The van der Waals surface area contributed by atoms with Crippen LogP contribution in [0.1, 0.15) is 60.8 Å². The number of hydrogen-bond donors (Lipinski definition) is 0. The molecule has 0 bridgehead atoms. The van der Waals surface area contributed by atoms with Gasteiger partial charge in [0.25, 0.3) is 0 Å². The smallest absolute Gasteiger partial charge is 0.305 e. The molecule has 0 unspecified atom stereocenters. The van der Waals surface area contributed by atoms with E-state index >= 15 is 0 Å². The lowest BCUT2D eigenvalue weighted by Gasteiger charge is -2.37. The van der Waals surface area contributed by atoms with Crippen molar-refractivity contribution in [2.24, 2.45) is 0 Å². The standard InChI is InChI=1S/C20H32O2Si/c1-17(2)23(18(3)4,19(5)6)16-14-12-10-8-9-11-13-15-20(21)22-7/h9,11,17-19H,8,13,15H2,1-7H3/b11-9-. The summed E-state index contributed by atoms with van der Waals surface area (Å²) in [6.07, 6.45) is 5.75. The fraction of sp³-hybridized carbons (Fsp3) is 0.650. The highest BCUT2D eigenvalue weighted by Crippen LogP contribution is 2.40. The Morgan fingerprint density at radius 2 is 1.57 bits per heavy atom. The predicted octanol–water partition coefficient (Wildman–Crippen LogP) is 5.11. The third-order valence-electron chi connectivity index (χ3n) is 4.43. The molecule has 0 amide bonds. The number of rotatable bonds is 7. The number of esters is 1. The summed E-state index contributed by atoms with van der Waals surface area (Å²) >= 11 is 0. The average molecular weight is 333 g/mol. The van der Waals surface area contributed by atoms with E-state index in [0.717, 1.165) is 0 Å². The first-order chi connectivity index (χ1) is 10.8. The fourth-order valence-corrected chi connectivity index (χ4v) is 8.38. The molecule has 0 saturated carbocycles. The van der Waals surface area contributed by atoms with Crippen molar-refractivity contribution in [1.82, 2.24) is 0 Å². The van der Waals surface area contributed by atoms with Crippen LogP contribution in [0.2, 0.25) is 16.6 Å². The summed E-state index contributed by atoms with van der Waals surface area (Å²) in [6, 6.07) is 0. The number of ether oxygens (including phenoxy) is 1. The molecule has 3 heteroatoms. The van der Waals surface area contributed by atoms with Gasteiger partial charge in [-0.2, -0.15) is 0 Å². The Balaban J connectivity index is 4.65. The molecule has 0 aliphatic rings. The Bertz CT molecular complexity index is 485. The number of carbonyl (C=O) groups excluding carboxylic acids is 1. The van der Waals surface area contributed by atoms with Crippen LogP contribution in [0.4, 0.5) is 0 Å². The van der Waals surface area contributed by atoms with Gasteiger partial charge in [0.2, 0.25) is 0 Å². The Kier molecular flexibility index (Phi) is 10.4. The van der Waals surface area contributed by atoms with E-state index < -0.39 is 8.07 Å². The van der Waals surface area contributed by atoms with Gasteiger partial charge in [0.15, 0.2) is 0 Å². The average Bonchev–Trinajstić information content (AvgIpc) is 2.47. The maximum atomic E-state index is 10.9. The Hall–Kier alpha value is -1.45. The van der Waals surface area contributed by atoms with E-state index in [2.05, 4.69) is 69.6 Å². The molecule has 2 nitrogen and oxygen atoms in total. The van der Waals surface area contributed by atoms with E-state index in [1.54, 1.807) is 0 Å². The summed E-state index contributed by atoms with van der Waals surface area (Å²) in [5.41, 5.74) is 5.49. The minimum absolute atomic E-state index is 0.177. The summed E-state index contributed by atoms with van der Waals surface area (Å²) in [7, 11) is -0.251. The predicted molar refractivity (Wildman–Crippen MR) is 102 cm³/mol. The van der Waals surface area contributed by atoms with Crippen LogP contribution in [0.15, 0.2) is 12.2 Å². The Morgan fingerprint density at radius 1 is 1.00 bits per heavy atom. The minimum Gasteiger partial charge on any atom is -0.469 e. The van der Waals surface area contributed by atoms with Crippen LogP contribution in [-0.2, 0) is 9.53 Å². The molecule has 23 heavy (non-hydrogen) atoms. The van der Waals surface area contributed by atoms with Crippen LogP contribution in [-0.4, -0.2) is 21.2 Å². The summed E-state index contributed by atoms with van der Waals surface area (Å²) in [5, 5.41) is 0. The molecule has 0 rings (SSSR count). The molecule has 0 aromatic carbocycles. The van der Waals surface area contributed by atoms with Gasteiger partial charge in [0.1, 0.15) is 8.07 Å². The van der Waals surface area contributed by atoms with Gasteiger partial charge in [-0.05, 0) is 34.9 Å². The number of hydrogen-bond acceptors (Lipinski definition) is 2. The molecule has 0 fully saturated rings. The second kappa shape index (κ2) is 11.1. The second-order valence-corrected chi connectivity index (χ2v) is 12.3. The van der Waals surface area contributed by atoms with Gasteiger partial charge in [-0.25, -0.2) is 0 Å². The summed E-state index contributed by atoms with van der Waals surface area (Å²) in [6.45, 7) is 13.8. The number of allylic oxidation sites excluding steroid dienone is 2. The molecular weight excluding hydrogens is 300 g/mol. The van der Waals surface area contributed by atoms with Crippen LogP contribution < -0.4 is 0 Å². The van der Waals surface area contributed by atoms with E-state index in [-0.39, 0.29) is 5.97 Å². The summed E-state index contributed by atoms with van der Waals surface area (Å²) in [5.74, 6) is 9.02. The van der Waals surface area contributed by atoms with Crippen LogP contribution in [0.25, 0.3) is 0 Å². The maximum Gasteiger partial charge on any atom is 0.305 e. The van der Waals surface area contributed by atoms with E-state index in [4.69, 9.17) is 0 Å². The Labute approximate surface area is 144 Å². The van der Waals surface area contributed by atoms with Crippen molar-refractivity contribution in [3.8, 4) is 23.3 Å². The van der Waals surface area contributed by atoms with Gasteiger partial charge < -0.3 is 4.74 Å². The van der Waals surface area contributed by atoms with Gasteiger partial charge >= 0.3 is 5.97 Å². The molecule has 0 heterocycles. The molecular formula is C20H32O2Si. The first kappa shape index (κ1) is 21.5. The second-order valence-electron chi connectivity index (χ2n) is 6.74. The molecule has 0 aromatic heterocycles. The molecule has 0 aliphatic carbocycles. The zero-order chi connectivity index (χ0) is 17.9. The van der Waals surface area contributed by atoms with Gasteiger partial charge in [0, 0.05) is 12.8 Å². The molecule has 0 radical (unpaired) electrons. The van der Waals surface area contributed by atoms with Crippen molar-refractivity contribution in [1.29, 1.82) is 0 Å². The van der Waals surface area contributed by atoms with Gasteiger partial charge in [0.05, 0.1) is 7.11 Å². The highest BCUT2D eigenvalue weighted by atomic mass is 28.3. The lowest BCUT2D eigenvalue weighted by atomic mass is 10.2. The summed E-state index contributed by atoms with van der Waals surface area (Å²) < 4.78 is 4.58. The van der Waals surface area contributed by atoms with Gasteiger partial charge in [-0.3, -0.25) is 4.79 Å². The zero-order valence-electron chi connectivity index (χ0n) is 15.8. The largest absolute Gasteiger partial charge is 0.469 e. The van der Waals surface area contributed by atoms with Crippen molar-refractivity contribution in [2.45, 2.75) is 77.4 Å². The van der Waals surface area contributed by atoms with E-state index in [1.165, 1.54) is 7.11 Å². The lowest BCUT2D eigenvalue weighted by Crippen LogP contribution is -2.43. The third-order valence-corrected chi connectivity index (χ3v) is 10.7. The van der Waals surface area contributed by atoms with Crippen LogP contribution >= 0.6 is 0 Å². The highest BCUT2D eigenvalue weighted by molar-refractivity contribution is 6.90. The monoisotopic (exact) mass is 332 g/mol. The molecule has 0 atom stereocenters. The maximum absolute atomic E-state index is 10.9. The zero-order valence-corrected chi connectivity index (χ0v) is 16.8. The van der Waals surface area contributed by atoms with Gasteiger partial charge in [-0.15, -0.1) is 5.54 Å². The van der Waals surface area contributed by atoms with Gasteiger partial charge in [-0.1, -0.05) is 59.6 Å². The normalized spacial score (nSPS) is 11.4. The molecule has 128 valence electrons. The lowest BCUT2D eigenvalue weighted by molar-refractivity contribution is -0.140. The molecule has 0 saturated heterocycles. The molecule has 0 N–H and O–H groups in total. The van der Waals surface area contributed by atoms with E-state index in [1.807, 2.05) is 12.2 Å². The first-order valence-corrected chi connectivity index (χ1v) is 10.7. The number of methoxy groups -OCH3 is 1.